The van der Waals surface area contributed by atoms with Gasteiger partial charge in [0.2, 0.25) is 0 Å². The van der Waals surface area contributed by atoms with Crippen LogP contribution in [-0.2, 0) is 0 Å². The maximum absolute atomic E-state index is 13.8. The molecule has 1 heteroatoms. The molecule has 0 amide bonds. The fourth-order valence-corrected chi connectivity index (χ4v) is 1.24. The third-order valence-electron chi connectivity index (χ3n) is 2.81. The van der Waals surface area contributed by atoms with Crippen LogP contribution in [0.1, 0.15) is 40.5 Å². The lowest BCUT2D eigenvalue weighted by atomic mass is 9.76. The van der Waals surface area contributed by atoms with Crippen LogP contribution in [0.4, 0.5) is 4.39 Å². The van der Waals surface area contributed by atoms with Gasteiger partial charge in [0.05, 0.1) is 0 Å². The zero-order valence-electron chi connectivity index (χ0n) is 7.37. The highest BCUT2D eigenvalue weighted by Crippen LogP contribution is 2.50. The van der Waals surface area contributed by atoms with Crippen LogP contribution in [0.5, 0.6) is 0 Å². The molecule has 0 radical (unpaired) electrons. The van der Waals surface area contributed by atoms with Crippen molar-refractivity contribution in [1.29, 1.82) is 0 Å². The Morgan fingerprint density at radius 3 is 1.60 bits per heavy atom. The fraction of sp³-hybridized carbons (Fsp3) is 1.00. The first-order chi connectivity index (χ1) is 4.36. The average molecular weight is 144 g/mol. The largest absolute Gasteiger partial charge is 0.243 e. The van der Waals surface area contributed by atoms with E-state index >= 15 is 0 Å². The molecular weight excluding hydrogens is 127 g/mol. The minimum absolute atomic E-state index is 0.186. The van der Waals surface area contributed by atoms with Crippen LogP contribution in [0.15, 0.2) is 0 Å². The summed E-state index contributed by atoms with van der Waals surface area (Å²) in [5, 5.41) is 0. The van der Waals surface area contributed by atoms with Gasteiger partial charge < -0.3 is 0 Å². The van der Waals surface area contributed by atoms with Gasteiger partial charge in [-0.2, -0.15) is 0 Å². The molecule has 0 saturated heterocycles. The third-order valence-corrected chi connectivity index (χ3v) is 2.81. The number of rotatable bonds is 1. The molecule has 60 valence electrons. The van der Waals surface area contributed by atoms with Gasteiger partial charge in [-0.15, -0.1) is 0 Å². The normalized spacial score (nSPS) is 26.1. The summed E-state index contributed by atoms with van der Waals surface area (Å²) >= 11 is 0. The Balaban J connectivity index is 2.66. The van der Waals surface area contributed by atoms with Gasteiger partial charge in [-0.1, -0.05) is 20.8 Å². The van der Waals surface area contributed by atoms with Gasteiger partial charge in [0, 0.05) is 0 Å². The molecule has 1 aliphatic rings. The van der Waals surface area contributed by atoms with E-state index in [4.69, 9.17) is 0 Å². The Morgan fingerprint density at radius 2 is 1.50 bits per heavy atom. The minimum atomic E-state index is -0.951. The molecule has 0 nitrogen and oxygen atoms in total. The summed E-state index contributed by atoms with van der Waals surface area (Å²) < 4.78 is 13.8. The summed E-state index contributed by atoms with van der Waals surface area (Å²) in [7, 11) is 0. The van der Waals surface area contributed by atoms with E-state index in [1.807, 2.05) is 20.8 Å². The maximum atomic E-state index is 13.8. The van der Waals surface area contributed by atoms with Crippen molar-refractivity contribution in [2.45, 2.75) is 46.2 Å². The molecule has 1 unspecified atom stereocenters. The molecule has 10 heavy (non-hydrogen) atoms. The molecule has 1 aliphatic carbocycles. The summed E-state index contributed by atoms with van der Waals surface area (Å²) in [6.45, 7) is 7.67. The van der Waals surface area contributed by atoms with Crippen molar-refractivity contribution in [3.05, 3.63) is 0 Å². The van der Waals surface area contributed by atoms with Gasteiger partial charge in [0.15, 0.2) is 0 Å². The van der Waals surface area contributed by atoms with Crippen LogP contribution in [0.25, 0.3) is 0 Å². The Morgan fingerprint density at radius 1 is 1.10 bits per heavy atom. The second-order valence-corrected chi connectivity index (χ2v) is 4.60. The van der Waals surface area contributed by atoms with Crippen molar-refractivity contribution in [1.82, 2.24) is 0 Å². The zero-order valence-corrected chi connectivity index (χ0v) is 7.37. The van der Waals surface area contributed by atoms with Crippen LogP contribution >= 0.6 is 0 Å². The highest BCUT2D eigenvalue weighted by Gasteiger charge is 2.49. The van der Waals surface area contributed by atoms with E-state index in [2.05, 4.69) is 0 Å². The molecule has 0 aromatic heterocycles. The molecule has 0 aromatic carbocycles. The molecule has 1 atom stereocenters. The highest BCUT2D eigenvalue weighted by atomic mass is 19.1. The van der Waals surface area contributed by atoms with E-state index in [0.29, 0.717) is 5.92 Å². The number of hydrogen-bond acceptors (Lipinski definition) is 0. The Kier molecular flexibility index (Phi) is 1.57. The average Bonchev–Trinajstić information content (AvgIpc) is 2.38. The van der Waals surface area contributed by atoms with Crippen molar-refractivity contribution in [3.63, 3.8) is 0 Å². The Hall–Kier alpha value is -0.0700. The van der Waals surface area contributed by atoms with Gasteiger partial charge in [-0.25, -0.2) is 4.39 Å². The van der Waals surface area contributed by atoms with Crippen molar-refractivity contribution < 1.29 is 4.39 Å². The summed E-state index contributed by atoms with van der Waals surface area (Å²) in [4.78, 5) is 0. The molecule has 1 fully saturated rings. The van der Waals surface area contributed by atoms with E-state index < -0.39 is 5.67 Å². The summed E-state index contributed by atoms with van der Waals surface area (Å²) in [5.74, 6) is 0.340. The number of hydrogen-bond donors (Lipinski definition) is 0. The van der Waals surface area contributed by atoms with Crippen LogP contribution in [0, 0.1) is 11.3 Å². The van der Waals surface area contributed by atoms with E-state index in [0.717, 1.165) is 12.8 Å². The van der Waals surface area contributed by atoms with Gasteiger partial charge in [-0.3, -0.25) is 0 Å². The van der Waals surface area contributed by atoms with E-state index in [9.17, 15) is 4.39 Å². The number of halogens is 1. The molecule has 0 heterocycles. The van der Waals surface area contributed by atoms with Crippen molar-refractivity contribution in [3.8, 4) is 0 Å². The second-order valence-electron chi connectivity index (χ2n) is 4.60. The Labute approximate surface area is 62.8 Å². The van der Waals surface area contributed by atoms with Crippen LogP contribution in [-0.4, -0.2) is 5.67 Å². The molecule has 0 bridgehead atoms. The summed E-state index contributed by atoms with van der Waals surface area (Å²) in [6.07, 6.45) is 2.18. The second kappa shape index (κ2) is 1.96. The van der Waals surface area contributed by atoms with Gasteiger partial charge in [-0.05, 0) is 31.1 Å². The van der Waals surface area contributed by atoms with Crippen molar-refractivity contribution in [2.75, 3.05) is 0 Å². The predicted octanol–water partition coefficient (Wildman–Crippen LogP) is 3.17. The SMILES string of the molecule is CC(C)(C)C(C)(F)C1CC1. The molecule has 1 rings (SSSR count). The third kappa shape index (κ3) is 1.18. The van der Waals surface area contributed by atoms with Crippen molar-refractivity contribution in [2.24, 2.45) is 11.3 Å². The predicted molar refractivity (Wildman–Crippen MR) is 41.7 cm³/mol. The quantitative estimate of drug-likeness (QED) is 0.530. The van der Waals surface area contributed by atoms with Crippen LogP contribution in [0.3, 0.4) is 0 Å². The van der Waals surface area contributed by atoms with Crippen LogP contribution in [0.2, 0.25) is 0 Å². The molecule has 0 aliphatic heterocycles. The number of alkyl halides is 1. The highest BCUT2D eigenvalue weighted by molar-refractivity contribution is 4.98. The minimum Gasteiger partial charge on any atom is -0.243 e. The van der Waals surface area contributed by atoms with E-state index in [-0.39, 0.29) is 5.41 Å². The Bertz CT molecular complexity index is 126. The molecular formula is C9H17F. The lowest BCUT2D eigenvalue weighted by Crippen LogP contribution is -2.37. The molecule has 0 N–H and O–H groups in total. The summed E-state index contributed by atoms with van der Waals surface area (Å²) in [6, 6.07) is 0. The molecule has 1 saturated carbocycles. The smallest absolute Gasteiger partial charge is 0.115 e. The summed E-state index contributed by atoms with van der Waals surface area (Å²) in [5.41, 5.74) is -1.14. The molecule has 0 spiro atoms. The first-order valence-electron chi connectivity index (χ1n) is 4.04. The monoisotopic (exact) mass is 144 g/mol. The van der Waals surface area contributed by atoms with Gasteiger partial charge in [0.25, 0.3) is 0 Å². The maximum Gasteiger partial charge on any atom is 0.115 e. The van der Waals surface area contributed by atoms with E-state index in [1.54, 1.807) is 6.92 Å². The first-order valence-corrected chi connectivity index (χ1v) is 4.04. The lowest BCUT2D eigenvalue weighted by molar-refractivity contribution is 0.0257. The van der Waals surface area contributed by atoms with Crippen molar-refractivity contribution >= 4 is 0 Å². The standard InChI is InChI=1S/C9H17F/c1-8(2,3)9(4,10)7-5-6-7/h7H,5-6H2,1-4H3. The first kappa shape index (κ1) is 8.03. The molecule has 0 aromatic rings. The van der Waals surface area contributed by atoms with Gasteiger partial charge in [0.1, 0.15) is 5.67 Å². The lowest BCUT2D eigenvalue weighted by Gasteiger charge is -2.34. The fourth-order valence-electron chi connectivity index (χ4n) is 1.24. The topological polar surface area (TPSA) is 0 Å². The zero-order chi connectivity index (χ0) is 7.99. The van der Waals surface area contributed by atoms with E-state index in [1.165, 1.54) is 0 Å². The van der Waals surface area contributed by atoms with Crippen LogP contribution < -0.4 is 0 Å². The van der Waals surface area contributed by atoms with Gasteiger partial charge >= 0.3 is 0 Å².